The van der Waals surface area contributed by atoms with Crippen LogP contribution in [0.4, 0.5) is 0 Å². The molecule has 2 aromatic carbocycles. The minimum Gasteiger partial charge on any atom is -0.0616 e. The van der Waals surface area contributed by atoms with Gasteiger partial charge in [-0.15, -0.1) is 0 Å². The van der Waals surface area contributed by atoms with Crippen LogP contribution in [-0.4, -0.2) is 0 Å². The lowest BCUT2D eigenvalue weighted by Crippen LogP contribution is -2.12. The van der Waals surface area contributed by atoms with Crippen molar-refractivity contribution in [2.75, 3.05) is 0 Å². The molecule has 18 heavy (non-hydrogen) atoms. The minimum absolute atomic E-state index is 1.29. The molecule has 0 amide bonds. The number of fused-ring (bicyclic) bond motifs is 2. The average molecular weight is 232 g/mol. The lowest BCUT2D eigenvalue weighted by molar-refractivity contribution is 1.25. The third-order valence-electron chi connectivity index (χ3n) is 3.66. The first-order valence-electron chi connectivity index (χ1n) is 6.32. The molecule has 1 aliphatic rings. The molecule has 0 spiro atoms. The molecule has 1 aliphatic carbocycles. The van der Waals surface area contributed by atoms with Crippen LogP contribution in [0.1, 0.15) is 11.1 Å². The summed E-state index contributed by atoms with van der Waals surface area (Å²) >= 11 is 0. The Kier molecular flexibility index (Phi) is 2.64. The molecule has 0 aromatic heterocycles. The van der Waals surface area contributed by atoms with Gasteiger partial charge in [-0.05, 0) is 45.8 Å². The van der Waals surface area contributed by atoms with Gasteiger partial charge in [-0.1, -0.05) is 60.7 Å². The van der Waals surface area contributed by atoms with E-state index in [4.69, 9.17) is 0 Å². The van der Waals surface area contributed by atoms with Gasteiger partial charge in [-0.2, -0.15) is 0 Å². The maximum Gasteiger partial charge on any atom is -0.00735 e. The molecule has 0 aliphatic heterocycles. The van der Waals surface area contributed by atoms with Crippen LogP contribution in [0.3, 0.4) is 0 Å². The van der Waals surface area contributed by atoms with Crippen LogP contribution in [0.15, 0.2) is 48.6 Å². The van der Waals surface area contributed by atoms with Gasteiger partial charge in [0.1, 0.15) is 0 Å². The number of hydrogen-bond acceptors (Lipinski definition) is 0. The summed E-state index contributed by atoms with van der Waals surface area (Å²) in [4.78, 5) is 0. The van der Waals surface area contributed by atoms with Gasteiger partial charge >= 0.3 is 0 Å². The maximum absolute atomic E-state index is 2.21. The van der Waals surface area contributed by atoms with Gasteiger partial charge in [-0.3, -0.25) is 0 Å². The second-order valence-corrected chi connectivity index (χ2v) is 4.78. The van der Waals surface area contributed by atoms with Crippen LogP contribution < -0.4 is 10.4 Å². The molecule has 0 N–H and O–H groups in total. The molecule has 0 heteroatoms. The predicted molar refractivity (Wildman–Crippen MR) is 77.4 cm³/mol. The number of hydrogen-bond donors (Lipinski definition) is 0. The molecule has 2 aromatic rings. The fraction of sp³-hybridized carbons (Fsp3) is 0.111. The van der Waals surface area contributed by atoms with Crippen LogP contribution in [-0.2, 0) is 0 Å². The fourth-order valence-electron chi connectivity index (χ4n) is 2.52. The molecule has 0 saturated carbocycles. The summed E-state index contributed by atoms with van der Waals surface area (Å²) in [5.74, 6) is 0. The maximum atomic E-state index is 2.21. The van der Waals surface area contributed by atoms with Crippen molar-refractivity contribution in [2.24, 2.45) is 0 Å². The van der Waals surface area contributed by atoms with Crippen molar-refractivity contribution in [3.05, 3.63) is 80.6 Å². The van der Waals surface area contributed by atoms with Crippen LogP contribution in [0.2, 0.25) is 0 Å². The van der Waals surface area contributed by atoms with E-state index in [1.807, 2.05) is 0 Å². The SMILES string of the molecule is Cc1ccc2/c(c1C)=c1/cccc/c1=C/C=C\C=2. The fourth-order valence-corrected chi connectivity index (χ4v) is 2.52. The molecule has 3 rings (SSSR count). The molecule has 0 bridgehead atoms. The zero-order valence-electron chi connectivity index (χ0n) is 10.8. The Labute approximate surface area is 107 Å². The molecule has 0 radical (unpaired) electrons. The van der Waals surface area contributed by atoms with E-state index in [1.165, 1.54) is 32.0 Å². The van der Waals surface area contributed by atoms with Crippen molar-refractivity contribution < 1.29 is 0 Å². The van der Waals surface area contributed by atoms with Crippen LogP contribution in [0.5, 0.6) is 0 Å². The van der Waals surface area contributed by atoms with Gasteiger partial charge < -0.3 is 0 Å². The minimum atomic E-state index is 1.29. The van der Waals surface area contributed by atoms with E-state index in [9.17, 15) is 0 Å². The van der Waals surface area contributed by atoms with Gasteiger partial charge in [0, 0.05) is 0 Å². The lowest BCUT2D eigenvalue weighted by Gasteiger charge is -2.04. The highest BCUT2D eigenvalue weighted by atomic mass is 14.0. The zero-order chi connectivity index (χ0) is 12.5. The van der Waals surface area contributed by atoms with Gasteiger partial charge in [-0.25, -0.2) is 0 Å². The first kappa shape index (κ1) is 11.0. The number of aryl methyl sites for hydroxylation is 1. The summed E-state index contributed by atoms with van der Waals surface area (Å²) in [6.07, 6.45) is 8.59. The predicted octanol–water partition coefficient (Wildman–Crippen LogP) is 2.72. The number of benzene rings is 2. The lowest BCUT2D eigenvalue weighted by atomic mass is 10.0. The van der Waals surface area contributed by atoms with E-state index in [0.717, 1.165) is 0 Å². The normalized spacial score (nSPS) is 20.1. The first-order valence-corrected chi connectivity index (χ1v) is 6.32. The smallest absolute Gasteiger partial charge is 0.00735 e. The van der Waals surface area contributed by atoms with Crippen molar-refractivity contribution in [3.8, 4) is 0 Å². The number of rotatable bonds is 0. The molecule has 0 fully saturated rings. The van der Waals surface area contributed by atoms with Crippen LogP contribution in [0, 0.1) is 24.3 Å². The zero-order valence-corrected chi connectivity index (χ0v) is 10.8. The number of allylic oxidation sites excluding steroid dienone is 2. The quantitative estimate of drug-likeness (QED) is 0.655. The molecular weight excluding hydrogens is 216 g/mol. The largest absolute Gasteiger partial charge is 0.0616 e. The second-order valence-electron chi connectivity index (χ2n) is 4.78. The molecule has 0 unspecified atom stereocenters. The third-order valence-corrected chi connectivity index (χ3v) is 3.66. The van der Waals surface area contributed by atoms with Crippen LogP contribution in [0.25, 0.3) is 12.2 Å². The van der Waals surface area contributed by atoms with Gasteiger partial charge in [0.2, 0.25) is 0 Å². The molecule has 0 nitrogen and oxygen atoms in total. The Hall–Kier alpha value is -2.08. The monoisotopic (exact) mass is 232 g/mol. The molecule has 0 heterocycles. The van der Waals surface area contributed by atoms with Crippen molar-refractivity contribution >= 4 is 12.2 Å². The molecular formula is C18H16. The van der Waals surface area contributed by atoms with Crippen molar-refractivity contribution in [1.82, 2.24) is 0 Å². The van der Waals surface area contributed by atoms with E-state index in [1.54, 1.807) is 0 Å². The van der Waals surface area contributed by atoms with Gasteiger partial charge in [0.25, 0.3) is 0 Å². The molecule has 88 valence electrons. The van der Waals surface area contributed by atoms with Gasteiger partial charge in [0.05, 0.1) is 0 Å². The highest BCUT2D eigenvalue weighted by molar-refractivity contribution is 5.50. The Balaban J connectivity index is 2.78. The Morgan fingerprint density at radius 1 is 0.722 bits per heavy atom. The van der Waals surface area contributed by atoms with Crippen molar-refractivity contribution in [1.29, 1.82) is 0 Å². The van der Waals surface area contributed by atoms with Crippen LogP contribution >= 0.6 is 0 Å². The summed E-state index contributed by atoms with van der Waals surface area (Å²) < 4.78 is 0. The summed E-state index contributed by atoms with van der Waals surface area (Å²) in [7, 11) is 0. The highest BCUT2D eigenvalue weighted by Gasteiger charge is 1.98. The Morgan fingerprint density at radius 3 is 2.28 bits per heavy atom. The van der Waals surface area contributed by atoms with E-state index in [-0.39, 0.29) is 0 Å². The van der Waals surface area contributed by atoms with Gasteiger partial charge in [0.15, 0.2) is 0 Å². The van der Waals surface area contributed by atoms with Crippen molar-refractivity contribution in [2.45, 2.75) is 13.8 Å². The van der Waals surface area contributed by atoms with E-state index in [2.05, 4.69) is 74.5 Å². The van der Waals surface area contributed by atoms with E-state index in [0.29, 0.717) is 0 Å². The molecule has 0 atom stereocenters. The second kappa shape index (κ2) is 4.30. The standard InChI is InChI=1S/C18H16/c1-13-11-12-16-9-4-3-7-15-8-5-6-10-17(15)18(16)14(13)2/h3-12H,1-2H3/b4-3-,7-3?,9-4?,15-7-,16-9-,18-17-. The summed E-state index contributed by atoms with van der Waals surface area (Å²) in [6.45, 7) is 4.39. The Morgan fingerprint density at radius 2 is 1.44 bits per heavy atom. The topological polar surface area (TPSA) is 0 Å². The highest BCUT2D eigenvalue weighted by Crippen LogP contribution is 2.05. The van der Waals surface area contributed by atoms with Crippen molar-refractivity contribution in [3.63, 3.8) is 0 Å². The third kappa shape index (κ3) is 1.70. The summed E-state index contributed by atoms with van der Waals surface area (Å²) in [6, 6.07) is 13.0. The summed E-state index contributed by atoms with van der Waals surface area (Å²) in [5, 5.41) is 5.28. The first-order chi connectivity index (χ1) is 8.77. The molecule has 0 saturated heterocycles. The van der Waals surface area contributed by atoms with E-state index < -0.39 is 0 Å². The van der Waals surface area contributed by atoms with E-state index >= 15 is 0 Å². The summed E-state index contributed by atoms with van der Waals surface area (Å²) in [5.41, 5.74) is 2.72. The Bertz CT molecular complexity index is 837. The average Bonchev–Trinajstić information content (AvgIpc) is 2.36.